The number of benzene rings is 2. The molecule has 1 heterocycles. The molecule has 0 saturated heterocycles. The van der Waals surface area contributed by atoms with Crippen molar-refractivity contribution in [2.24, 2.45) is 7.05 Å². The summed E-state index contributed by atoms with van der Waals surface area (Å²) in [5.74, 6) is -0.445. The van der Waals surface area contributed by atoms with Crippen LogP contribution in [0.15, 0.2) is 60.9 Å². The maximum absolute atomic E-state index is 13.7. The fourth-order valence-corrected chi connectivity index (χ4v) is 2.49. The first-order valence-corrected chi connectivity index (χ1v) is 7.59. The molecule has 1 aromatic heterocycles. The van der Waals surface area contributed by atoms with Gasteiger partial charge < -0.3 is 15.2 Å². The molecule has 3 rings (SSSR count). The van der Waals surface area contributed by atoms with Crippen LogP contribution in [0.1, 0.15) is 17.4 Å². The van der Waals surface area contributed by atoms with Crippen molar-refractivity contribution in [2.45, 2.75) is 6.04 Å². The second-order valence-electron chi connectivity index (χ2n) is 5.46. The molecular weight excluding hydrogens is 326 g/mol. The zero-order chi connectivity index (χ0) is 17.8. The Morgan fingerprint density at radius 2 is 1.96 bits per heavy atom. The van der Waals surface area contributed by atoms with E-state index in [9.17, 15) is 13.6 Å². The number of amides is 2. The molecule has 5 nitrogen and oxygen atoms in total. The van der Waals surface area contributed by atoms with Gasteiger partial charge in [0.15, 0.2) is 0 Å². The number of nitrogens with zero attached hydrogens (tertiary/aromatic N) is 2. The molecule has 0 aliphatic heterocycles. The predicted molar refractivity (Wildman–Crippen MR) is 90.0 cm³/mol. The summed E-state index contributed by atoms with van der Waals surface area (Å²) in [4.78, 5) is 16.5. The second kappa shape index (κ2) is 7.12. The van der Waals surface area contributed by atoms with Crippen LogP contribution >= 0.6 is 0 Å². The van der Waals surface area contributed by atoms with Gasteiger partial charge in [-0.15, -0.1) is 0 Å². The second-order valence-corrected chi connectivity index (χ2v) is 5.46. The van der Waals surface area contributed by atoms with E-state index < -0.39 is 23.7 Å². The Hall–Kier alpha value is -3.22. The van der Waals surface area contributed by atoms with Gasteiger partial charge in [-0.2, -0.15) is 0 Å². The van der Waals surface area contributed by atoms with E-state index in [-0.39, 0.29) is 5.69 Å². The van der Waals surface area contributed by atoms with Gasteiger partial charge in [0, 0.05) is 19.4 Å². The Balaban J connectivity index is 1.87. The number of aryl methyl sites for hydroxylation is 1. The fraction of sp³-hybridized carbons (Fsp3) is 0.111. The van der Waals surface area contributed by atoms with Crippen molar-refractivity contribution >= 4 is 11.7 Å². The molecule has 0 bridgehead atoms. The van der Waals surface area contributed by atoms with Crippen molar-refractivity contribution in [3.63, 3.8) is 0 Å². The van der Waals surface area contributed by atoms with E-state index in [1.165, 1.54) is 30.3 Å². The highest BCUT2D eigenvalue weighted by Gasteiger charge is 2.21. The fourth-order valence-electron chi connectivity index (χ4n) is 2.49. The van der Waals surface area contributed by atoms with Crippen LogP contribution in [0, 0.1) is 11.6 Å². The van der Waals surface area contributed by atoms with Crippen LogP contribution in [-0.2, 0) is 7.05 Å². The van der Waals surface area contributed by atoms with Crippen molar-refractivity contribution in [2.75, 3.05) is 5.32 Å². The van der Waals surface area contributed by atoms with Gasteiger partial charge in [-0.05, 0) is 29.8 Å². The van der Waals surface area contributed by atoms with Gasteiger partial charge in [-0.3, -0.25) is 0 Å². The third-order valence-electron chi connectivity index (χ3n) is 3.70. The molecule has 2 aromatic carbocycles. The molecule has 128 valence electrons. The number of nitrogens with one attached hydrogen (secondary N) is 2. The number of para-hydroxylation sites is 1. The first kappa shape index (κ1) is 16.6. The van der Waals surface area contributed by atoms with Crippen LogP contribution in [0.2, 0.25) is 0 Å². The standard InChI is InChI=1S/C18H16F2N4O/c1-24-10-9-21-17(24)16(12-5-4-6-13(19)11-12)23-18(25)22-15-8-3-2-7-14(15)20/h2-11,16H,1H3,(H2,22,23,25)/t16-/m0/s1. The first-order chi connectivity index (χ1) is 12.0. The Morgan fingerprint density at radius 3 is 2.64 bits per heavy atom. The van der Waals surface area contributed by atoms with Gasteiger partial charge in [0.05, 0.1) is 5.69 Å². The van der Waals surface area contributed by atoms with Crippen LogP contribution in [0.3, 0.4) is 0 Å². The van der Waals surface area contributed by atoms with Gasteiger partial charge >= 0.3 is 6.03 Å². The maximum Gasteiger partial charge on any atom is 0.320 e. The SMILES string of the molecule is Cn1ccnc1[C@@H](NC(=O)Nc1ccccc1F)c1cccc(F)c1. The molecular formula is C18H16F2N4O. The minimum absolute atomic E-state index is 0.0535. The largest absolute Gasteiger partial charge is 0.336 e. The lowest BCUT2D eigenvalue weighted by atomic mass is 10.1. The number of carbonyl (C=O) groups is 1. The molecule has 2 amide bonds. The third-order valence-corrected chi connectivity index (χ3v) is 3.70. The number of halogens is 2. The number of anilines is 1. The van der Waals surface area contributed by atoms with Crippen LogP contribution in [0.5, 0.6) is 0 Å². The normalized spacial score (nSPS) is 11.8. The highest BCUT2D eigenvalue weighted by Crippen LogP contribution is 2.22. The summed E-state index contributed by atoms with van der Waals surface area (Å²) >= 11 is 0. The number of hydrogen-bond donors (Lipinski definition) is 2. The lowest BCUT2D eigenvalue weighted by Gasteiger charge is -2.19. The van der Waals surface area contributed by atoms with Crippen LogP contribution in [0.4, 0.5) is 19.3 Å². The van der Waals surface area contributed by atoms with E-state index >= 15 is 0 Å². The Morgan fingerprint density at radius 1 is 1.16 bits per heavy atom. The van der Waals surface area contributed by atoms with E-state index in [1.807, 2.05) is 0 Å². The molecule has 1 atom stereocenters. The number of hydrogen-bond acceptors (Lipinski definition) is 2. The summed E-state index contributed by atoms with van der Waals surface area (Å²) in [6.45, 7) is 0. The lowest BCUT2D eigenvalue weighted by molar-refractivity contribution is 0.249. The Bertz CT molecular complexity index is 894. The van der Waals surface area contributed by atoms with Crippen LogP contribution in [-0.4, -0.2) is 15.6 Å². The molecule has 2 N–H and O–H groups in total. The third kappa shape index (κ3) is 3.82. The zero-order valence-corrected chi connectivity index (χ0v) is 13.4. The van der Waals surface area contributed by atoms with E-state index in [0.717, 1.165) is 0 Å². The molecule has 0 aliphatic carbocycles. The highest BCUT2D eigenvalue weighted by molar-refractivity contribution is 5.89. The number of imidazole rings is 1. The molecule has 0 unspecified atom stereocenters. The number of rotatable bonds is 4. The summed E-state index contributed by atoms with van der Waals surface area (Å²) in [5.41, 5.74) is 0.579. The van der Waals surface area contributed by atoms with Crippen LogP contribution in [0.25, 0.3) is 0 Å². The summed E-state index contributed by atoms with van der Waals surface area (Å²) in [5, 5.41) is 5.16. The van der Waals surface area contributed by atoms with Crippen molar-refractivity contribution < 1.29 is 13.6 Å². The monoisotopic (exact) mass is 342 g/mol. The van der Waals surface area contributed by atoms with Gasteiger partial charge in [-0.25, -0.2) is 18.6 Å². The van der Waals surface area contributed by atoms with E-state index in [4.69, 9.17) is 0 Å². The molecule has 0 radical (unpaired) electrons. The average Bonchev–Trinajstić information content (AvgIpc) is 3.00. The minimum atomic E-state index is -0.692. The average molecular weight is 342 g/mol. The van der Waals surface area contributed by atoms with Gasteiger partial charge in [-0.1, -0.05) is 24.3 Å². The quantitative estimate of drug-likeness (QED) is 0.761. The van der Waals surface area contributed by atoms with Crippen LogP contribution < -0.4 is 10.6 Å². The maximum atomic E-state index is 13.7. The number of carbonyl (C=O) groups excluding carboxylic acids is 1. The van der Waals surface area contributed by atoms with Crippen molar-refractivity contribution in [3.8, 4) is 0 Å². The molecule has 0 saturated carbocycles. The summed E-state index contributed by atoms with van der Waals surface area (Å²) in [6, 6.07) is 10.4. The first-order valence-electron chi connectivity index (χ1n) is 7.59. The number of urea groups is 1. The summed E-state index contributed by atoms with van der Waals surface area (Å²) in [6.07, 6.45) is 3.30. The molecule has 0 fully saturated rings. The van der Waals surface area contributed by atoms with Crippen molar-refractivity contribution in [3.05, 3.63) is 83.9 Å². The van der Waals surface area contributed by atoms with Crippen molar-refractivity contribution in [1.82, 2.24) is 14.9 Å². The highest BCUT2D eigenvalue weighted by atomic mass is 19.1. The van der Waals surface area contributed by atoms with Crippen molar-refractivity contribution in [1.29, 1.82) is 0 Å². The molecule has 25 heavy (non-hydrogen) atoms. The molecule has 3 aromatic rings. The zero-order valence-electron chi connectivity index (χ0n) is 13.4. The molecule has 7 heteroatoms. The molecule has 0 aliphatic rings. The van der Waals surface area contributed by atoms with Gasteiger partial charge in [0.2, 0.25) is 0 Å². The Labute approximate surface area is 143 Å². The molecule has 0 spiro atoms. The number of aromatic nitrogens is 2. The lowest BCUT2D eigenvalue weighted by Crippen LogP contribution is -2.34. The smallest absolute Gasteiger partial charge is 0.320 e. The minimum Gasteiger partial charge on any atom is -0.336 e. The predicted octanol–water partition coefficient (Wildman–Crippen LogP) is 3.61. The topological polar surface area (TPSA) is 59.0 Å². The van der Waals surface area contributed by atoms with E-state index in [1.54, 1.807) is 42.2 Å². The van der Waals surface area contributed by atoms with Gasteiger partial charge in [0.25, 0.3) is 0 Å². The Kier molecular flexibility index (Phi) is 4.74. The summed E-state index contributed by atoms with van der Waals surface area (Å²) in [7, 11) is 1.77. The van der Waals surface area contributed by atoms with Gasteiger partial charge in [0.1, 0.15) is 23.5 Å². The van der Waals surface area contributed by atoms with E-state index in [2.05, 4.69) is 15.6 Å². The summed E-state index contributed by atoms with van der Waals surface area (Å²) < 4.78 is 29.0. The van der Waals surface area contributed by atoms with E-state index in [0.29, 0.717) is 11.4 Å².